The average molecular weight is 217 g/mol. The van der Waals surface area contributed by atoms with Gasteiger partial charge >= 0.3 is 0 Å². The second kappa shape index (κ2) is 5.18. The van der Waals surface area contributed by atoms with E-state index in [2.05, 4.69) is 20.4 Å². The van der Waals surface area contributed by atoms with Crippen molar-refractivity contribution >= 4 is 11.6 Å². The van der Waals surface area contributed by atoms with E-state index >= 15 is 0 Å². The molecule has 0 heterocycles. The zero-order chi connectivity index (χ0) is 10.6. The molecule has 1 saturated carbocycles. The lowest BCUT2D eigenvalue weighted by Gasteiger charge is -2.34. The van der Waals surface area contributed by atoms with Gasteiger partial charge in [0.1, 0.15) is 0 Å². The normalized spacial score (nSPS) is 22.2. The lowest BCUT2D eigenvalue weighted by atomic mass is 9.76. The number of halogens is 1. The number of hydrogen-bond acceptors (Lipinski definition) is 1. The Hall–Kier alpha value is -0.0100. The molecule has 0 aromatic carbocycles. The molecule has 0 spiro atoms. The fourth-order valence-corrected chi connectivity index (χ4v) is 1.89. The smallest absolute Gasteiger partial charge is 0.0689 e. The Morgan fingerprint density at radius 1 is 1.43 bits per heavy atom. The van der Waals surface area contributed by atoms with Crippen LogP contribution >= 0.6 is 11.6 Å². The van der Waals surface area contributed by atoms with E-state index in [1.807, 2.05) is 0 Å². The molecule has 0 bridgehead atoms. The van der Waals surface area contributed by atoms with Crippen molar-refractivity contribution in [3.05, 3.63) is 12.2 Å². The number of hydrogen-bond donors (Lipinski definition) is 0. The van der Waals surface area contributed by atoms with Crippen molar-refractivity contribution in [1.82, 2.24) is 0 Å². The summed E-state index contributed by atoms with van der Waals surface area (Å²) in [6.45, 7) is 9.13. The monoisotopic (exact) mass is 216 g/mol. The molecule has 1 aliphatic carbocycles. The first kappa shape index (κ1) is 12.1. The molecule has 0 radical (unpaired) electrons. The van der Waals surface area contributed by atoms with E-state index in [0.29, 0.717) is 24.0 Å². The van der Waals surface area contributed by atoms with Crippen LogP contribution < -0.4 is 0 Å². The van der Waals surface area contributed by atoms with E-state index in [4.69, 9.17) is 16.3 Å². The SMILES string of the molecule is C=C(CCl)COC1CCC(C)(C)CC1. The highest BCUT2D eigenvalue weighted by Gasteiger charge is 2.26. The highest BCUT2D eigenvalue weighted by atomic mass is 35.5. The minimum absolute atomic E-state index is 0.433. The third-order valence-electron chi connectivity index (χ3n) is 3.00. The van der Waals surface area contributed by atoms with Crippen molar-refractivity contribution in [1.29, 1.82) is 0 Å². The molecule has 0 amide bonds. The molecule has 0 aromatic heterocycles. The van der Waals surface area contributed by atoms with Gasteiger partial charge in [-0.25, -0.2) is 0 Å². The van der Waals surface area contributed by atoms with E-state index in [9.17, 15) is 0 Å². The summed E-state index contributed by atoms with van der Waals surface area (Å²) in [6.07, 6.45) is 5.34. The lowest BCUT2D eigenvalue weighted by Crippen LogP contribution is -2.27. The molecule has 82 valence electrons. The fraction of sp³-hybridized carbons (Fsp3) is 0.833. The third kappa shape index (κ3) is 4.02. The van der Waals surface area contributed by atoms with Crippen LogP contribution in [0.3, 0.4) is 0 Å². The Labute approximate surface area is 92.5 Å². The van der Waals surface area contributed by atoms with Gasteiger partial charge in [-0.05, 0) is 36.7 Å². The van der Waals surface area contributed by atoms with Crippen LogP contribution in [0.5, 0.6) is 0 Å². The first-order chi connectivity index (χ1) is 6.53. The van der Waals surface area contributed by atoms with Crippen LogP contribution in [0.15, 0.2) is 12.2 Å². The summed E-state index contributed by atoms with van der Waals surface area (Å²) in [5.74, 6) is 0.512. The fourth-order valence-electron chi connectivity index (χ4n) is 1.81. The van der Waals surface area contributed by atoms with Gasteiger partial charge < -0.3 is 4.74 Å². The van der Waals surface area contributed by atoms with Crippen molar-refractivity contribution < 1.29 is 4.74 Å². The highest BCUT2D eigenvalue weighted by molar-refractivity contribution is 6.19. The predicted molar refractivity (Wildman–Crippen MR) is 61.8 cm³/mol. The van der Waals surface area contributed by atoms with Gasteiger partial charge in [0, 0.05) is 5.88 Å². The largest absolute Gasteiger partial charge is 0.374 e. The van der Waals surface area contributed by atoms with Crippen molar-refractivity contribution in [2.24, 2.45) is 5.41 Å². The molecule has 1 aliphatic rings. The van der Waals surface area contributed by atoms with E-state index in [1.165, 1.54) is 25.7 Å². The minimum atomic E-state index is 0.433. The maximum atomic E-state index is 5.74. The molecule has 1 fully saturated rings. The van der Waals surface area contributed by atoms with Gasteiger partial charge in [-0.2, -0.15) is 0 Å². The molecule has 0 aliphatic heterocycles. The van der Waals surface area contributed by atoms with Gasteiger partial charge in [-0.15, -0.1) is 11.6 Å². The topological polar surface area (TPSA) is 9.23 Å². The van der Waals surface area contributed by atoms with Crippen molar-refractivity contribution in [2.45, 2.75) is 45.6 Å². The Kier molecular flexibility index (Phi) is 4.46. The van der Waals surface area contributed by atoms with Gasteiger partial charge in [-0.3, -0.25) is 0 Å². The minimum Gasteiger partial charge on any atom is -0.374 e. The van der Waals surface area contributed by atoms with Crippen LogP contribution in [-0.2, 0) is 4.74 Å². The van der Waals surface area contributed by atoms with E-state index < -0.39 is 0 Å². The van der Waals surface area contributed by atoms with Crippen molar-refractivity contribution in [2.75, 3.05) is 12.5 Å². The van der Waals surface area contributed by atoms with Gasteiger partial charge in [0.2, 0.25) is 0 Å². The van der Waals surface area contributed by atoms with Gasteiger partial charge in [-0.1, -0.05) is 20.4 Å². The predicted octanol–water partition coefficient (Wildman–Crippen LogP) is 3.77. The summed E-state index contributed by atoms with van der Waals surface area (Å²) in [4.78, 5) is 0. The molecule has 1 nitrogen and oxygen atoms in total. The maximum absolute atomic E-state index is 5.74. The third-order valence-corrected chi connectivity index (χ3v) is 3.38. The molecular formula is C12H21ClO. The van der Waals surface area contributed by atoms with Crippen LogP contribution in [0.1, 0.15) is 39.5 Å². The van der Waals surface area contributed by atoms with Crippen LogP contribution in [0.2, 0.25) is 0 Å². The molecule has 0 N–H and O–H groups in total. The van der Waals surface area contributed by atoms with Crippen LogP contribution in [-0.4, -0.2) is 18.6 Å². The maximum Gasteiger partial charge on any atom is 0.0689 e. The first-order valence-electron chi connectivity index (χ1n) is 5.38. The van der Waals surface area contributed by atoms with Crippen LogP contribution in [0.4, 0.5) is 0 Å². The summed E-state index contributed by atoms with van der Waals surface area (Å²) in [6, 6.07) is 0. The Morgan fingerprint density at radius 2 is 2.00 bits per heavy atom. The van der Waals surface area contributed by atoms with Crippen LogP contribution in [0.25, 0.3) is 0 Å². The number of alkyl halides is 1. The summed E-state index contributed by atoms with van der Waals surface area (Å²) in [5.41, 5.74) is 1.50. The Balaban J connectivity index is 2.19. The van der Waals surface area contributed by atoms with Crippen molar-refractivity contribution in [3.63, 3.8) is 0 Å². The van der Waals surface area contributed by atoms with E-state index in [1.54, 1.807) is 0 Å². The summed E-state index contributed by atoms with van der Waals surface area (Å²) in [7, 11) is 0. The highest BCUT2D eigenvalue weighted by Crippen LogP contribution is 2.36. The van der Waals surface area contributed by atoms with E-state index in [0.717, 1.165) is 5.57 Å². The first-order valence-corrected chi connectivity index (χ1v) is 5.91. The summed E-state index contributed by atoms with van der Waals surface area (Å²) >= 11 is 5.64. The van der Waals surface area contributed by atoms with E-state index in [-0.39, 0.29) is 0 Å². The van der Waals surface area contributed by atoms with Gasteiger partial charge in [0.15, 0.2) is 0 Å². The molecular weight excluding hydrogens is 196 g/mol. The van der Waals surface area contributed by atoms with Crippen molar-refractivity contribution in [3.8, 4) is 0 Å². The standard InChI is InChI=1S/C12H21ClO/c1-10(8-13)9-14-11-4-6-12(2,3)7-5-11/h11H,1,4-9H2,2-3H3. The number of rotatable bonds is 4. The Bertz CT molecular complexity index is 188. The van der Waals surface area contributed by atoms with Gasteiger partial charge in [0.05, 0.1) is 12.7 Å². The number of ether oxygens (including phenoxy) is 1. The van der Waals surface area contributed by atoms with Gasteiger partial charge in [0.25, 0.3) is 0 Å². The molecule has 1 rings (SSSR count). The lowest BCUT2D eigenvalue weighted by molar-refractivity contribution is 0.0160. The molecule has 2 heteroatoms. The zero-order valence-electron chi connectivity index (χ0n) is 9.31. The molecule has 0 saturated heterocycles. The molecule has 0 atom stereocenters. The average Bonchev–Trinajstić information content (AvgIpc) is 2.16. The quantitative estimate of drug-likeness (QED) is 0.514. The second-order valence-electron chi connectivity index (χ2n) is 5.06. The molecule has 14 heavy (non-hydrogen) atoms. The zero-order valence-corrected chi connectivity index (χ0v) is 10.1. The molecule has 0 aromatic rings. The summed E-state index contributed by atoms with van der Waals surface area (Å²) in [5, 5.41) is 0. The van der Waals surface area contributed by atoms with Crippen LogP contribution in [0, 0.1) is 5.41 Å². The molecule has 0 unspecified atom stereocenters. The summed E-state index contributed by atoms with van der Waals surface area (Å²) < 4.78 is 5.74. The Morgan fingerprint density at radius 3 is 2.50 bits per heavy atom. The second-order valence-corrected chi connectivity index (χ2v) is 5.33.